The molecule has 20 heteroatoms. The number of anilines is 1. The molecule has 0 saturated carbocycles. The third-order valence-corrected chi connectivity index (χ3v) is 10.9. The second kappa shape index (κ2) is 18.8. The van der Waals surface area contributed by atoms with Crippen LogP contribution in [0.3, 0.4) is 0 Å². The molecule has 1 aliphatic heterocycles. The number of hydrogen-bond donors (Lipinski definition) is 2. The molecule has 0 atom stereocenters. The number of carbonyl (C=O) groups is 4. The highest BCUT2D eigenvalue weighted by molar-refractivity contribution is 7.16. The summed E-state index contributed by atoms with van der Waals surface area (Å²) in [6, 6.07) is 4.76. The molecule has 320 valence electrons. The summed E-state index contributed by atoms with van der Waals surface area (Å²) in [6.07, 6.45) is 6.73. The number of ether oxygens (including phenoxy) is 3. The van der Waals surface area contributed by atoms with Crippen LogP contribution in [0.1, 0.15) is 85.3 Å². The van der Waals surface area contributed by atoms with Crippen molar-refractivity contribution in [1.82, 2.24) is 34.0 Å². The van der Waals surface area contributed by atoms with Gasteiger partial charge in [0.05, 0.1) is 54.1 Å². The van der Waals surface area contributed by atoms with Crippen LogP contribution < -0.4 is 20.6 Å². The monoisotopic (exact) mass is 854 g/mol. The molecule has 1 fully saturated rings. The number of aryl methyl sites for hydroxylation is 4. The number of nitrogens with two attached hydrogens (primary N) is 1. The van der Waals surface area contributed by atoms with E-state index in [1.54, 1.807) is 41.2 Å². The lowest BCUT2D eigenvalue weighted by atomic mass is 10.1. The van der Waals surface area contributed by atoms with Crippen molar-refractivity contribution in [1.29, 1.82) is 0 Å². The first-order chi connectivity index (χ1) is 29.5. The molecule has 19 nitrogen and oxygen atoms in total. The molecule has 0 aliphatic carbocycles. The number of carbonyl (C=O) groups excluding carboxylic acids is 4. The Hall–Kier alpha value is -6.51. The minimum Gasteiger partial charge on any atom is -0.491 e. The van der Waals surface area contributed by atoms with Crippen molar-refractivity contribution >= 4 is 62.4 Å². The second-order valence-electron chi connectivity index (χ2n) is 14.0. The number of fused-ring (bicyclic) bond motifs is 2. The van der Waals surface area contributed by atoms with Gasteiger partial charge in [0.15, 0.2) is 22.2 Å². The van der Waals surface area contributed by atoms with Gasteiger partial charge in [-0.3, -0.25) is 29.2 Å². The Bertz CT molecular complexity index is 2720. The van der Waals surface area contributed by atoms with Crippen LogP contribution in [0, 0.1) is 13.8 Å². The Morgan fingerprint density at radius 1 is 0.934 bits per heavy atom. The Kier molecular flexibility index (Phi) is 13.1. The number of oxazole rings is 2. The van der Waals surface area contributed by atoms with Crippen molar-refractivity contribution in [3.63, 3.8) is 0 Å². The highest BCUT2D eigenvalue weighted by atomic mass is 32.1. The number of nitrogens with zero attached hydrogens (tertiary/aromatic N) is 8. The van der Waals surface area contributed by atoms with Gasteiger partial charge in [-0.05, 0) is 37.5 Å². The van der Waals surface area contributed by atoms with E-state index in [2.05, 4.69) is 30.2 Å². The summed E-state index contributed by atoms with van der Waals surface area (Å²) in [6.45, 7) is 11.6. The minimum atomic E-state index is -0.666. The molecule has 7 rings (SSSR count). The molecule has 0 unspecified atom stereocenters. The molecule has 0 radical (unpaired) electrons. The molecular weight excluding hydrogens is 809 g/mol. The first-order valence-electron chi connectivity index (χ1n) is 19.8. The lowest BCUT2D eigenvalue weighted by Gasteiger charge is -2.26. The van der Waals surface area contributed by atoms with Crippen LogP contribution in [0.4, 0.5) is 5.95 Å². The van der Waals surface area contributed by atoms with Crippen molar-refractivity contribution in [2.75, 3.05) is 51.9 Å². The molecule has 1 aromatic carbocycles. The largest absolute Gasteiger partial charge is 0.491 e. The smallest absolute Gasteiger partial charge is 0.339 e. The number of morpholine rings is 1. The standard InChI is InChI=1S/C41H46N10O9S/c1-6-27-33(59-23(3)44-27)37(53)47-40-46-29-19-25(35(42)52)20-30(58-16-10-11-49-14-17-57-18-15-49)32(29)50(40)12-8-9-13-51-36-31(21-26(22-43-36)39(55)56-5)61-41(51)48-38(54)34-28(7-2)45-24(4)60-34/h8-9,19-22H,6-7,10-18H2,1-5H3,(H2,42,52)(H,46,47,53)/b9-8+,48-41?. The molecule has 0 bridgehead atoms. The van der Waals surface area contributed by atoms with Crippen LogP contribution in [-0.4, -0.2) is 104 Å². The maximum absolute atomic E-state index is 13.7. The number of aromatic nitrogens is 6. The summed E-state index contributed by atoms with van der Waals surface area (Å²) in [5.74, 6) is -1.06. The van der Waals surface area contributed by atoms with Crippen molar-refractivity contribution in [2.24, 2.45) is 10.7 Å². The van der Waals surface area contributed by atoms with E-state index in [9.17, 15) is 19.2 Å². The first-order valence-corrected chi connectivity index (χ1v) is 20.6. The quantitative estimate of drug-likeness (QED) is 0.0780. The second-order valence-corrected chi connectivity index (χ2v) is 15.0. The molecular formula is C41H46N10O9S. The van der Waals surface area contributed by atoms with E-state index >= 15 is 0 Å². The van der Waals surface area contributed by atoms with Gasteiger partial charge < -0.3 is 33.3 Å². The lowest BCUT2D eigenvalue weighted by molar-refractivity contribution is 0.0358. The minimum absolute atomic E-state index is 0.0504. The molecule has 3 amide bonds. The Morgan fingerprint density at radius 2 is 1.62 bits per heavy atom. The summed E-state index contributed by atoms with van der Waals surface area (Å²) < 4.78 is 32.1. The normalized spacial score (nSPS) is 13.8. The van der Waals surface area contributed by atoms with E-state index in [4.69, 9.17) is 33.8 Å². The summed E-state index contributed by atoms with van der Waals surface area (Å²) in [7, 11) is 1.28. The average molecular weight is 855 g/mol. The van der Waals surface area contributed by atoms with Gasteiger partial charge in [0.2, 0.25) is 23.4 Å². The average Bonchev–Trinajstić information content (AvgIpc) is 4.02. The number of imidazole rings is 1. The number of pyridine rings is 1. The number of hydrogen-bond acceptors (Lipinski definition) is 15. The van der Waals surface area contributed by atoms with Crippen molar-refractivity contribution < 1.29 is 42.2 Å². The van der Waals surface area contributed by atoms with Crippen LogP contribution in [-0.2, 0) is 35.4 Å². The van der Waals surface area contributed by atoms with Gasteiger partial charge in [-0.25, -0.2) is 24.7 Å². The van der Waals surface area contributed by atoms with Crippen LogP contribution in [0.2, 0.25) is 0 Å². The van der Waals surface area contributed by atoms with Gasteiger partial charge >= 0.3 is 11.9 Å². The van der Waals surface area contributed by atoms with Gasteiger partial charge in [0, 0.05) is 58.3 Å². The number of benzene rings is 1. The van der Waals surface area contributed by atoms with Crippen molar-refractivity contribution in [2.45, 2.75) is 60.0 Å². The van der Waals surface area contributed by atoms with Gasteiger partial charge in [-0.15, -0.1) is 0 Å². The maximum atomic E-state index is 13.7. The molecule has 6 heterocycles. The summed E-state index contributed by atoms with van der Waals surface area (Å²) >= 11 is 1.17. The molecule has 61 heavy (non-hydrogen) atoms. The van der Waals surface area contributed by atoms with Crippen LogP contribution in [0.15, 0.2) is 50.4 Å². The molecule has 1 saturated heterocycles. The number of primary amides is 1. The number of rotatable bonds is 16. The predicted molar refractivity (Wildman–Crippen MR) is 223 cm³/mol. The topological polar surface area (TPSA) is 237 Å². The zero-order chi connectivity index (χ0) is 43.2. The Morgan fingerprint density at radius 3 is 2.31 bits per heavy atom. The van der Waals surface area contributed by atoms with Crippen molar-refractivity contribution in [3.8, 4) is 5.75 Å². The fraction of sp³-hybridized carbons (Fsp3) is 0.390. The van der Waals surface area contributed by atoms with Gasteiger partial charge in [0.25, 0.3) is 5.91 Å². The lowest BCUT2D eigenvalue weighted by Crippen LogP contribution is -2.37. The van der Waals surface area contributed by atoms with Gasteiger partial charge in [-0.1, -0.05) is 37.3 Å². The fourth-order valence-electron chi connectivity index (χ4n) is 6.91. The van der Waals surface area contributed by atoms with E-state index in [1.807, 2.05) is 26.0 Å². The summed E-state index contributed by atoms with van der Waals surface area (Å²) in [5, 5.41) is 2.88. The van der Waals surface area contributed by atoms with E-state index in [-0.39, 0.29) is 41.7 Å². The van der Waals surface area contributed by atoms with E-state index < -0.39 is 23.7 Å². The number of methoxy groups -OCH3 is 1. The van der Waals surface area contributed by atoms with Crippen LogP contribution >= 0.6 is 11.3 Å². The number of nitrogens with one attached hydrogen (secondary N) is 1. The molecule has 3 N–H and O–H groups in total. The first kappa shape index (κ1) is 42.6. The summed E-state index contributed by atoms with van der Waals surface area (Å²) in [5.41, 5.74) is 8.52. The third-order valence-electron chi connectivity index (χ3n) is 9.86. The number of allylic oxidation sites excluding steroid dienone is 2. The summed E-state index contributed by atoms with van der Waals surface area (Å²) in [4.78, 5) is 77.0. The van der Waals surface area contributed by atoms with Gasteiger partial charge in [0.1, 0.15) is 11.3 Å². The fourth-order valence-corrected chi connectivity index (χ4v) is 7.94. The van der Waals surface area contributed by atoms with E-state index in [0.717, 1.165) is 19.6 Å². The third kappa shape index (κ3) is 9.45. The number of esters is 1. The molecule has 0 spiro atoms. The van der Waals surface area contributed by atoms with E-state index in [0.29, 0.717) is 94.2 Å². The Labute approximate surface area is 353 Å². The van der Waals surface area contributed by atoms with E-state index in [1.165, 1.54) is 24.6 Å². The van der Waals surface area contributed by atoms with Gasteiger partial charge in [-0.2, -0.15) is 4.99 Å². The zero-order valence-corrected chi connectivity index (χ0v) is 35.3. The molecule has 1 aliphatic rings. The van der Waals surface area contributed by atoms with Crippen LogP contribution in [0.5, 0.6) is 5.75 Å². The Balaban J connectivity index is 1.25. The molecule has 5 aromatic heterocycles. The highest BCUT2D eigenvalue weighted by Crippen LogP contribution is 2.32. The number of thiazole rings is 1. The SMILES string of the molecule is CCc1nc(C)oc1C(=O)N=c1sc2cc(C(=O)OC)cnc2n1C/C=C/Cn1c(NC(=O)c2oc(C)nc2CC)nc2cc(C(N)=O)cc(OCCCN3CCOCC3)c21. The zero-order valence-electron chi connectivity index (χ0n) is 34.5. The predicted octanol–water partition coefficient (Wildman–Crippen LogP) is 4.40. The number of amides is 3. The molecule has 6 aromatic rings. The van der Waals surface area contributed by atoms with Crippen molar-refractivity contribution in [3.05, 3.63) is 87.2 Å². The highest BCUT2D eigenvalue weighted by Gasteiger charge is 2.24. The maximum Gasteiger partial charge on any atom is 0.339 e. The van der Waals surface area contributed by atoms with Crippen LogP contribution in [0.25, 0.3) is 21.4 Å².